The predicted octanol–water partition coefficient (Wildman–Crippen LogP) is 6.13. The van der Waals surface area contributed by atoms with Gasteiger partial charge in [0.1, 0.15) is 22.1 Å². The van der Waals surface area contributed by atoms with Crippen LogP contribution in [0.4, 0.5) is 24.9 Å². The Labute approximate surface area is 256 Å². The maximum atomic E-state index is 12.6. The highest BCUT2D eigenvalue weighted by Gasteiger charge is 2.38. The van der Waals surface area contributed by atoms with Gasteiger partial charge in [-0.2, -0.15) is 4.98 Å². The summed E-state index contributed by atoms with van der Waals surface area (Å²) in [5.74, 6) is -0.972. The lowest BCUT2D eigenvalue weighted by atomic mass is 10.1. The highest BCUT2D eigenvalue weighted by atomic mass is 32.1. The summed E-state index contributed by atoms with van der Waals surface area (Å²) in [6.07, 6.45) is -2.26. The molecule has 0 radical (unpaired) electrons. The molecule has 4 atom stereocenters. The topological polar surface area (TPSA) is 135 Å². The second-order valence-electron chi connectivity index (χ2n) is 11.5. The maximum Gasteiger partial charge on any atom is 0.573 e. The average Bonchev–Trinajstić information content (AvgIpc) is 3.51. The van der Waals surface area contributed by atoms with Crippen molar-refractivity contribution in [2.45, 2.75) is 77.8 Å². The van der Waals surface area contributed by atoms with E-state index in [1.54, 1.807) is 32.2 Å². The standard InChI is InChI=1S/C30H35F3N6O4S/c1-15(18-6-8-21(9-7-18)42-30(31,32)33)35-28-36-16(2)24(27-38-25-17(3)34-11-10-23(25)44-27)26(39-28)37-20-12-19(14-40)22(13-20)43-29(4,5)41/h6-11,15,19-20,22,40-41H,12-14H2,1-5H3,(H2,35,36,37,39)/t15-,19-,20-,22+/m1/s1. The molecule has 0 amide bonds. The minimum absolute atomic E-state index is 0.0874. The van der Waals surface area contributed by atoms with E-state index in [9.17, 15) is 23.4 Å². The van der Waals surface area contributed by atoms with Crippen LogP contribution in [0.5, 0.6) is 5.75 Å². The van der Waals surface area contributed by atoms with Crippen LogP contribution in [-0.2, 0) is 4.74 Å². The van der Waals surface area contributed by atoms with E-state index in [4.69, 9.17) is 19.7 Å². The van der Waals surface area contributed by atoms with Crippen molar-refractivity contribution in [3.63, 3.8) is 0 Å². The number of rotatable bonds is 10. The number of aromatic nitrogens is 4. The third-order valence-electron chi connectivity index (χ3n) is 7.40. The molecule has 14 heteroatoms. The van der Waals surface area contributed by atoms with Gasteiger partial charge in [0.2, 0.25) is 5.95 Å². The fraction of sp³-hybridized carbons (Fsp3) is 0.467. The lowest BCUT2D eigenvalue weighted by molar-refractivity contribution is -0.274. The summed E-state index contributed by atoms with van der Waals surface area (Å²) in [7, 11) is 0. The van der Waals surface area contributed by atoms with Gasteiger partial charge in [0.05, 0.1) is 33.8 Å². The molecule has 3 heterocycles. The van der Waals surface area contributed by atoms with Crippen molar-refractivity contribution in [1.29, 1.82) is 0 Å². The Bertz CT molecular complexity index is 1610. The Kier molecular flexibility index (Phi) is 8.99. The zero-order valence-corrected chi connectivity index (χ0v) is 25.8. The molecule has 1 saturated carbocycles. The highest BCUT2D eigenvalue weighted by Crippen LogP contribution is 2.39. The Morgan fingerprint density at radius 3 is 2.41 bits per heavy atom. The fourth-order valence-corrected chi connectivity index (χ4v) is 6.54. The minimum atomic E-state index is -4.77. The molecule has 0 unspecified atom stereocenters. The molecule has 3 aromatic heterocycles. The molecule has 4 aromatic rings. The molecule has 10 nitrogen and oxygen atoms in total. The third-order valence-corrected chi connectivity index (χ3v) is 8.44. The number of thiazole rings is 1. The number of hydrogen-bond donors (Lipinski definition) is 4. The van der Waals surface area contributed by atoms with E-state index in [1.807, 2.05) is 26.8 Å². The third kappa shape index (κ3) is 7.54. The number of alkyl halides is 3. The average molecular weight is 633 g/mol. The Morgan fingerprint density at radius 1 is 1.05 bits per heavy atom. The summed E-state index contributed by atoms with van der Waals surface area (Å²) in [6.45, 7) is 8.66. The number of nitrogens with zero attached hydrogens (tertiary/aromatic N) is 4. The molecule has 0 saturated heterocycles. The molecule has 0 aliphatic heterocycles. The van der Waals surface area contributed by atoms with Crippen LogP contribution in [0.25, 0.3) is 20.8 Å². The van der Waals surface area contributed by atoms with Gasteiger partial charge in [-0.15, -0.1) is 24.5 Å². The second kappa shape index (κ2) is 12.4. The summed E-state index contributed by atoms with van der Waals surface area (Å²) in [4.78, 5) is 18.8. The molecule has 4 N–H and O–H groups in total. The molecule has 236 valence electrons. The van der Waals surface area contributed by atoms with Gasteiger partial charge in [-0.3, -0.25) is 4.98 Å². The number of nitrogens with one attached hydrogen (secondary N) is 2. The van der Waals surface area contributed by atoms with Crippen molar-refractivity contribution in [1.82, 2.24) is 19.9 Å². The smallest absolute Gasteiger partial charge is 0.406 e. The molecule has 1 aliphatic rings. The number of halogens is 3. The molecular formula is C30H35F3N6O4S. The molecule has 44 heavy (non-hydrogen) atoms. The van der Waals surface area contributed by atoms with Gasteiger partial charge in [0.15, 0.2) is 5.79 Å². The van der Waals surface area contributed by atoms with E-state index in [1.165, 1.54) is 23.5 Å². The quantitative estimate of drug-likeness (QED) is 0.151. The number of pyridine rings is 1. The molecular weight excluding hydrogens is 597 g/mol. The first kappa shape index (κ1) is 31.8. The number of fused-ring (bicyclic) bond motifs is 1. The molecule has 1 aromatic carbocycles. The summed E-state index contributed by atoms with van der Waals surface area (Å²) in [5.41, 5.74) is 3.71. The van der Waals surface area contributed by atoms with Gasteiger partial charge >= 0.3 is 6.36 Å². The summed E-state index contributed by atoms with van der Waals surface area (Å²) < 4.78 is 48.6. The van der Waals surface area contributed by atoms with Crippen molar-refractivity contribution in [3.05, 3.63) is 53.5 Å². The van der Waals surface area contributed by atoms with Gasteiger partial charge < -0.3 is 30.3 Å². The van der Waals surface area contributed by atoms with Crippen molar-refractivity contribution < 1.29 is 32.9 Å². The van der Waals surface area contributed by atoms with Crippen LogP contribution in [0.2, 0.25) is 0 Å². The van der Waals surface area contributed by atoms with Gasteiger partial charge in [-0.25, -0.2) is 9.97 Å². The van der Waals surface area contributed by atoms with Gasteiger partial charge in [0, 0.05) is 24.8 Å². The van der Waals surface area contributed by atoms with E-state index >= 15 is 0 Å². The minimum Gasteiger partial charge on any atom is -0.406 e. The zero-order chi connectivity index (χ0) is 31.8. The van der Waals surface area contributed by atoms with E-state index in [-0.39, 0.29) is 36.5 Å². The maximum absolute atomic E-state index is 12.6. The second-order valence-corrected chi connectivity index (χ2v) is 12.5. The van der Waals surface area contributed by atoms with Crippen LogP contribution < -0.4 is 15.4 Å². The van der Waals surface area contributed by atoms with E-state index in [0.717, 1.165) is 26.5 Å². The molecule has 1 aliphatic carbocycles. The van der Waals surface area contributed by atoms with Crippen molar-refractivity contribution in [3.8, 4) is 16.3 Å². The summed E-state index contributed by atoms with van der Waals surface area (Å²) >= 11 is 1.50. The zero-order valence-electron chi connectivity index (χ0n) is 24.9. The first-order valence-electron chi connectivity index (χ1n) is 14.2. The van der Waals surface area contributed by atoms with Crippen molar-refractivity contribution >= 4 is 33.3 Å². The first-order chi connectivity index (χ1) is 20.7. The summed E-state index contributed by atoms with van der Waals surface area (Å²) in [6, 6.07) is 7.06. The number of aryl methyl sites for hydroxylation is 2. The van der Waals surface area contributed by atoms with Crippen LogP contribution in [0.1, 0.15) is 56.6 Å². The van der Waals surface area contributed by atoms with E-state index < -0.39 is 12.1 Å². The lowest BCUT2D eigenvalue weighted by Crippen LogP contribution is -2.33. The highest BCUT2D eigenvalue weighted by molar-refractivity contribution is 7.21. The van der Waals surface area contributed by atoms with Crippen LogP contribution in [0, 0.1) is 19.8 Å². The number of hydrogen-bond acceptors (Lipinski definition) is 11. The Hall–Kier alpha value is -3.59. The monoisotopic (exact) mass is 632 g/mol. The van der Waals surface area contributed by atoms with Crippen LogP contribution in [-0.4, -0.2) is 61.1 Å². The fourth-order valence-electron chi connectivity index (χ4n) is 5.43. The number of anilines is 2. The van der Waals surface area contributed by atoms with Gasteiger partial charge in [0.25, 0.3) is 0 Å². The van der Waals surface area contributed by atoms with E-state index in [0.29, 0.717) is 35.9 Å². The van der Waals surface area contributed by atoms with Crippen molar-refractivity contribution in [2.75, 3.05) is 17.2 Å². The normalized spacial score (nSPS) is 19.7. The number of aliphatic hydroxyl groups excluding tert-OH is 1. The van der Waals surface area contributed by atoms with Crippen LogP contribution in [0.3, 0.4) is 0 Å². The Morgan fingerprint density at radius 2 is 1.77 bits per heavy atom. The first-order valence-corrected chi connectivity index (χ1v) is 15.0. The number of ether oxygens (including phenoxy) is 2. The van der Waals surface area contributed by atoms with Gasteiger partial charge in [-0.05, 0) is 71.2 Å². The van der Waals surface area contributed by atoms with E-state index in [2.05, 4.69) is 20.4 Å². The largest absolute Gasteiger partial charge is 0.573 e. The van der Waals surface area contributed by atoms with Gasteiger partial charge in [-0.1, -0.05) is 12.1 Å². The molecule has 0 bridgehead atoms. The summed E-state index contributed by atoms with van der Waals surface area (Å²) in [5, 5.41) is 27.8. The van der Waals surface area contributed by atoms with Crippen molar-refractivity contribution in [2.24, 2.45) is 5.92 Å². The molecule has 1 fully saturated rings. The van der Waals surface area contributed by atoms with Crippen LogP contribution in [0.15, 0.2) is 36.5 Å². The number of benzene rings is 1. The lowest BCUT2D eigenvalue weighted by Gasteiger charge is -2.26. The predicted molar refractivity (Wildman–Crippen MR) is 161 cm³/mol. The Balaban J connectivity index is 1.46. The molecule has 0 spiro atoms. The molecule has 5 rings (SSSR count). The SMILES string of the molecule is Cc1nc(N[C@H](C)c2ccc(OC(F)(F)F)cc2)nc(N[C@@H]2C[C@H](CO)[C@@H](OC(C)(C)O)C2)c1-c1nc2c(C)nccc2s1. The number of aliphatic hydroxyl groups is 2. The van der Waals surface area contributed by atoms with Crippen LogP contribution >= 0.6 is 11.3 Å².